The fourth-order valence-corrected chi connectivity index (χ4v) is 2.69. The minimum Gasteiger partial charge on any atom is -0.355 e. The molecule has 0 aromatic heterocycles. The molecule has 1 heterocycles. The topological polar surface area (TPSA) is 41.1 Å². The molecule has 0 spiro atoms. The van der Waals surface area contributed by atoms with Crippen LogP contribution in [-0.2, 0) is 11.0 Å². The van der Waals surface area contributed by atoms with Crippen LogP contribution in [0.3, 0.4) is 0 Å². The summed E-state index contributed by atoms with van der Waals surface area (Å²) < 4.78 is 38.3. The summed E-state index contributed by atoms with van der Waals surface area (Å²) in [5.41, 5.74) is 0.0220. The predicted molar refractivity (Wildman–Crippen MR) is 73.9 cm³/mol. The number of carbonyl (C=O) groups is 1. The van der Waals surface area contributed by atoms with Crippen molar-refractivity contribution in [2.24, 2.45) is 0 Å². The summed E-state index contributed by atoms with van der Waals surface area (Å²) in [6.07, 6.45) is -3.08. The molecule has 0 radical (unpaired) electrons. The molecule has 1 aliphatic heterocycles. The fraction of sp³-hybridized carbons (Fsp3) is 0.533. The Labute approximate surface area is 121 Å². The number of hydrogen-bond acceptors (Lipinski definition) is 2. The summed E-state index contributed by atoms with van der Waals surface area (Å²) in [5.74, 6) is -0.115. The zero-order valence-electron chi connectivity index (χ0n) is 11.8. The van der Waals surface area contributed by atoms with Crippen molar-refractivity contribution in [1.82, 2.24) is 10.6 Å². The van der Waals surface area contributed by atoms with E-state index in [1.165, 1.54) is 12.1 Å². The van der Waals surface area contributed by atoms with Crippen LogP contribution in [0, 0.1) is 0 Å². The first kappa shape index (κ1) is 15.8. The van der Waals surface area contributed by atoms with Crippen LogP contribution in [-0.4, -0.2) is 25.0 Å². The van der Waals surface area contributed by atoms with Gasteiger partial charge in [-0.2, -0.15) is 13.2 Å². The normalized spacial score (nSPS) is 22.9. The molecule has 116 valence electrons. The lowest BCUT2D eigenvalue weighted by Crippen LogP contribution is -2.48. The molecule has 21 heavy (non-hydrogen) atoms. The molecule has 0 aliphatic carbocycles. The van der Waals surface area contributed by atoms with Gasteiger partial charge in [-0.1, -0.05) is 18.2 Å². The first-order chi connectivity index (χ1) is 9.91. The van der Waals surface area contributed by atoms with Crippen LogP contribution < -0.4 is 10.6 Å². The van der Waals surface area contributed by atoms with Gasteiger partial charge in [-0.05, 0) is 43.9 Å². The predicted octanol–water partition coefficient (Wildman–Crippen LogP) is 2.68. The first-order valence-electron chi connectivity index (χ1n) is 7.10. The second-order valence-corrected chi connectivity index (χ2v) is 5.25. The molecule has 6 heteroatoms. The Morgan fingerprint density at radius 1 is 1.43 bits per heavy atom. The number of piperidine rings is 1. The van der Waals surface area contributed by atoms with E-state index in [2.05, 4.69) is 10.6 Å². The maximum absolute atomic E-state index is 12.8. The molecule has 2 unspecified atom stereocenters. The molecule has 1 fully saturated rings. The van der Waals surface area contributed by atoms with Gasteiger partial charge >= 0.3 is 6.18 Å². The minimum atomic E-state index is -4.33. The quantitative estimate of drug-likeness (QED) is 0.901. The number of halogens is 3. The van der Waals surface area contributed by atoms with Crippen molar-refractivity contribution in [1.29, 1.82) is 0 Å². The molecular formula is C15H19F3N2O. The zero-order valence-corrected chi connectivity index (χ0v) is 11.8. The first-order valence-corrected chi connectivity index (χ1v) is 7.10. The molecular weight excluding hydrogens is 281 g/mol. The summed E-state index contributed by atoms with van der Waals surface area (Å²) in [6.45, 7) is 3.01. The van der Waals surface area contributed by atoms with Crippen molar-refractivity contribution >= 4 is 5.91 Å². The van der Waals surface area contributed by atoms with Crippen LogP contribution in [0.1, 0.15) is 36.8 Å². The minimum absolute atomic E-state index is 0.0267. The third kappa shape index (κ3) is 3.97. The summed E-state index contributed by atoms with van der Waals surface area (Å²) >= 11 is 0. The number of nitrogens with one attached hydrogen (secondary N) is 2. The van der Waals surface area contributed by atoms with Gasteiger partial charge in [0, 0.05) is 6.54 Å². The molecule has 3 nitrogen and oxygen atoms in total. The standard InChI is InChI=1S/C15H19F3N2O/c1-2-19-14(21)13-9-11(6-7-20-13)10-4-3-5-12(8-10)15(16,17)18/h3-5,8,11,13,20H,2,6-7,9H2,1H3,(H,19,21). The third-order valence-corrected chi connectivity index (χ3v) is 3.76. The number of benzene rings is 1. The average Bonchev–Trinajstić information content (AvgIpc) is 2.47. The van der Waals surface area contributed by atoms with Crippen molar-refractivity contribution in [3.05, 3.63) is 35.4 Å². The Morgan fingerprint density at radius 3 is 2.86 bits per heavy atom. The van der Waals surface area contributed by atoms with Crippen LogP contribution >= 0.6 is 0 Å². The fourth-order valence-electron chi connectivity index (χ4n) is 2.69. The lowest BCUT2D eigenvalue weighted by Gasteiger charge is -2.30. The van der Waals surface area contributed by atoms with Crippen LogP contribution in [0.25, 0.3) is 0 Å². The number of rotatable bonds is 3. The van der Waals surface area contributed by atoms with E-state index in [4.69, 9.17) is 0 Å². The van der Waals surface area contributed by atoms with Crippen LogP contribution in [0.2, 0.25) is 0 Å². The van der Waals surface area contributed by atoms with Gasteiger partial charge in [0.1, 0.15) is 0 Å². The molecule has 1 saturated heterocycles. The van der Waals surface area contributed by atoms with E-state index in [1.54, 1.807) is 6.07 Å². The van der Waals surface area contributed by atoms with Crippen molar-refractivity contribution in [2.45, 2.75) is 37.9 Å². The van der Waals surface area contributed by atoms with Gasteiger partial charge in [-0.25, -0.2) is 0 Å². The number of amides is 1. The van der Waals surface area contributed by atoms with Gasteiger partial charge in [0.25, 0.3) is 0 Å². The maximum atomic E-state index is 12.8. The van der Waals surface area contributed by atoms with E-state index < -0.39 is 11.7 Å². The van der Waals surface area contributed by atoms with Gasteiger partial charge in [0.15, 0.2) is 0 Å². The second-order valence-electron chi connectivity index (χ2n) is 5.25. The van der Waals surface area contributed by atoms with Crippen LogP contribution in [0.5, 0.6) is 0 Å². The highest BCUT2D eigenvalue weighted by atomic mass is 19.4. The van der Waals surface area contributed by atoms with Crippen molar-refractivity contribution < 1.29 is 18.0 Å². The summed E-state index contributed by atoms with van der Waals surface area (Å²) in [5, 5.41) is 5.86. The van der Waals surface area contributed by atoms with Crippen molar-refractivity contribution in [2.75, 3.05) is 13.1 Å². The lowest BCUT2D eigenvalue weighted by atomic mass is 9.85. The zero-order chi connectivity index (χ0) is 15.5. The van der Waals surface area contributed by atoms with Gasteiger partial charge in [0.05, 0.1) is 11.6 Å². The highest BCUT2D eigenvalue weighted by Gasteiger charge is 2.32. The van der Waals surface area contributed by atoms with Crippen molar-refractivity contribution in [3.8, 4) is 0 Å². The summed E-state index contributed by atoms with van der Waals surface area (Å²) in [7, 11) is 0. The molecule has 2 rings (SSSR count). The summed E-state index contributed by atoms with van der Waals surface area (Å²) in [4.78, 5) is 11.8. The Kier molecular flexibility index (Phi) is 4.88. The lowest BCUT2D eigenvalue weighted by molar-refractivity contribution is -0.137. The second kappa shape index (κ2) is 6.47. The highest BCUT2D eigenvalue weighted by molar-refractivity contribution is 5.81. The molecule has 1 aromatic rings. The monoisotopic (exact) mass is 300 g/mol. The van der Waals surface area contributed by atoms with E-state index in [1.807, 2.05) is 6.92 Å². The van der Waals surface area contributed by atoms with E-state index >= 15 is 0 Å². The molecule has 0 bridgehead atoms. The molecule has 1 amide bonds. The molecule has 2 N–H and O–H groups in total. The third-order valence-electron chi connectivity index (χ3n) is 3.76. The van der Waals surface area contributed by atoms with E-state index in [0.29, 0.717) is 25.1 Å². The Hall–Kier alpha value is -1.56. The Bertz CT molecular complexity index is 502. The van der Waals surface area contributed by atoms with E-state index in [-0.39, 0.29) is 17.9 Å². The van der Waals surface area contributed by atoms with E-state index in [0.717, 1.165) is 12.5 Å². The van der Waals surface area contributed by atoms with Crippen molar-refractivity contribution in [3.63, 3.8) is 0 Å². The number of alkyl halides is 3. The van der Waals surface area contributed by atoms with Gasteiger partial charge in [-0.15, -0.1) is 0 Å². The molecule has 2 atom stereocenters. The largest absolute Gasteiger partial charge is 0.416 e. The van der Waals surface area contributed by atoms with Crippen LogP contribution in [0.4, 0.5) is 13.2 Å². The Balaban J connectivity index is 2.13. The van der Waals surface area contributed by atoms with Gasteiger partial charge < -0.3 is 10.6 Å². The molecule has 0 saturated carbocycles. The number of likely N-dealkylation sites (N-methyl/N-ethyl adjacent to an activating group) is 1. The van der Waals surface area contributed by atoms with Gasteiger partial charge in [-0.3, -0.25) is 4.79 Å². The molecule has 1 aliphatic rings. The SMILES string of the molecule is CCNC(=O)C1CC(c2cccc(C(F)(F)F)c2)CCN1. The Morgan fingerprint density at radius 2 is 2.19 bits per heavy atom. The van der Waals surface area contributed by atoms with Gasteiger partial charge in [0.2, 0.25) is 5.91 Å². The maximum Gasteiger partial charge on any atom is 0.416 e. The highest BCUT2D eigenvalue weighted by Crippen LogP contribution is 2.34. The molecule has 1 aromatic carbocycles. The smallest absolute Gasteiger partial charge is 0.355 e. The van der Waals surface area contributed by atoms with Crippen LogP contribution in [0.15, 0.2) is 24.3 Å². The number of carbonyl (C=O) groups excluding carboxylic acids is 1. The number of hydrogen-bond donors (Lipinski definition) is 2. The average molecular weight is 300 g/mol. The van der Waals surface area contributed by atoms with E-state index in [9.17, 15) is 18.0 Å². The summed E-state index contributed by atoms with van der Waals surface area (Å²) in [6, 6.07) is 5.08.